The largest absolute Gasteiger partial charge is 0.506 e. The zero-order valence-electron chi connectivity index (χ0n) is 45.5. The molecule has 2 aliphatic heterocycles. The Balaban J connectivity index is 0.000000162. The highest BCUT2D eigenvalue weighted by atomic mass is 79.9. The Kier molecular flexibility index (Phi) is 17.8. The second-order valence-electron chi connectivity index (χ2n) is 20.6. The number of benzene rings is 2. The molecule has 0 bridgehead atoms. The molecule has 416 valence electrons. The molecule has 14 nitrogen and oxygen atoms in total. The van der Waals surface area contributed by atoms with Crippen LogP contribution < -0.4 is 4.74 Å². The van der Waals surface area contributed by atoms with E-state index in [1.165, 1.54) is 50.2 Å². The average molecular weight is 1160 g/mol. The summed E-state index contributed by atoms with van der Waals surface area (Å²) in [6.45, 7) is 8.38. The van der Waals surface area contributed by atoms with E-state index in [0.29, 0.717) is 65.2 Å². The summed E-state index contributed by atoms with van der Waals surface area (Å²) < 4.78 is 65.2. The van der Waals surface area contributed by atoms with Gasteiger partial charge in [-0.2, -0.15) is 0 Å². The van der Waals surface area contributed by atoms with Crippen LogP contribution in [0.2, 0.25) is 0 Å². The quantitative estimate of drug-likeness (QED) is 0.0917. The Morgan fingerprint density at radius 1 is 0.506 bits per heavy atom. The maximum atomic E-state index is 13.9. The van der Waals surface area contributed by atoms with E-state index in [2.05, 4.69) is 80.8 Å². The van der Waals surface area contributed by atoms with Gasteiger partial charge >= 0.3 is 0 Å². The van der Waals surface area contributed by atoms with Gasteiger partial charge in [0.25, 0.3) is 0 Å². The number of fused-ring (bicyclic) bond motifs is 2. The van der Waals surface area contributed by atoms with Crippen LogP contribution in [-0.2, 0) is 25.7 Å². The third-order valence-electron chi connectivity index (χ3n) is 14.4. The van der Waals surface area contributed by atoms with E-state index in [1.807, 2.05) is 42.6 Å². The number of aryl methyl sites for hydroxylation is 6. The highest BCUT2D eigenvalue weighted by Crippen LogP contribution is 2.33. The summed E-state index contributed by atoms with van der Waals surface area (Å²) in [4.78, 5) is 41.2. The number of nitrogens with zero attached hydrogens (tertiary/aromatic N) is 12. The molecular formula is C62H61BrF4N12O2. The van der Waals surface area contributed by atoms with Gasteiger partial charge in [-0.15, -0.1) is 0 Å². The van der Waals surface area contributed by atoms with Crippen LogP contribution in [-0.4, -0.2) is 115 Å². The minimum absolute atomic E-state index is 0.0977. The van der Waals surface area contributed by atoms with Gasteiger partial charge in [0.2, 0.25) is 0 Å². The van der Waals surface area contributed by atoms with Gasteiger partial charge in [0.05, 0.1) is 35.2 Å². The molecular weight excluding hydrogens is 1100 g/mol. The van der Waals surface area contributed by atoms with Gasteiger partial charge in [-0.05, 0) is 164 Å². The van der Waals surface area contributed by atoms with Gasteiger partial charge in [0.15, 0.2) is 11.3 Å². The Hall–Kier alpha value is -8.00. The van der Waals surface area contributed by atoms with Crippen molar-refractivity contribution < 1.29 is 27.4 Å². The number of hydrogen-bond donors (Lipinski definition) is 1. The molecule has 10 aromatic rings. The second kappa shape index (κ2) is 25.6. The number of ether oxygens (including phenoxy) is 1. The summed E-state index contributed by atoms with van der Waals surface area (Å²) in [6, 6.07) is 18.3. The molecule has 8 aromatic heterocycles. The Morgan fingerprint density at radius 2 is 0.963 bits per heavy atom. The lowest BCUT2D eigenvalue weighted by Crippen LogP contribution is -2.35. The summed E-state index contributed by atoms with van der Waals surface area (Å²) in [5.74, 6) is -1.68. The molecule has 0 spiro atoms. The number of hydrogen-bond acceptors (Lipinski definition) is 12. The van der Waals surface area contributed by atoms with E-state index >= 15 is 0 Å². The maximum Gasteiger partial charge on any atom is 0.159 e. The lowest BCUT2D eigenvalue weighted by atomic mass is 10.1. The summed E-state index contributed by atoms with van der Waals surface area (Å²) >= 11 is 3.59. The molecule has 12 rings (SSSR count). The van der Waals surface area contributed by atoms with Gasteiger partial charge in [-0.3, -0.25) is 38.7 Å². The number of alkyl halides is 1. The van der Waals surface area contributed by atoms with Gasteiger partial charge in [-0.1, -0.05) is 15.9 Å². The topological polar surface area (TPSA) is 148 Å². The van der Waals surface area contributed by atoms with Crippen molar-refractivity contribution in [1.82, 2.24) is 58.5 Å². The minimum atomic E-state index is -0.646. The molecule has 0 radical (unpaired) electrons. The average Bonchev–Trinajstić information content (AvgIpc) is 4.18. The van der Waals surface area contributed by atoms with E-state index in [0.717, 1.165) is 99.4 Å². The van der Waals surface area contributed by atoms with Crippen LogP contribution in [0.4, 0.5) is 17.6 Å². The molecule has 2 fully saturated rings. The van der Waals surface area contributed by atoms with Crippen LogP contribution >= 0.6 is 15.9 Å². The fourth-order valence-corrected chi connectivity index (χ4v) is 10.5. The third-order valence-corrected chi connectivity index (χ3v) is 15.3. The van der Waals surface area contributed by atoms with Gasteiger partial charge in [-0.25, -0.2) is 27.5 Å². The van der Waals surface area contributed by atoms with Crippen molar-refractivity contribution in [3.63, 3.8) is 0 Å². The summed E-state index contributed by atoms with van der Waals surface area (Å²) in [5, 5.41) is 10.5. The molecule has 0 unspecified atom stereocenters. The molecule has 81 heavy (non-hydrogen) atoms. The van der Waals surface area contributed by atoms with Crippen molar-refractivity contribution in [1.29, 1.82) is 0 Å². The fraction of sp³-hybridized carbons (Fsp3) is 0.290. The number of piperidine rings is 2. The van der Waals surface area contributed by atoms with E-state index in [9.17, 15) is 22.7 Å². The molecule has 0 aliphatic carbocycles. The summed E-state index contributed by atoms with van der Waals surface area (Å²) in [6.07, 6.45) is 24.2. The first kappa shape index (κ1) is 56.3. The monoisotopic (exact) mass is 1160 g/mol. The van der Waals surface area contributed by atoms with Crippen molar-refractivity contribution in [2.75, 3.05) is 40.3 Å². The highest BCUT2D eigenvalue weighted by molar-refractivity contribution is 9.09. The molecule has 0 atom stereocenters. The first-order valence-electron chi connectivity index (χ1n) is 26.9. The van der Waals surface area contributed by atoms with Crippen molar-refractivity contribution in [2.45, 2.75) is 76.1 Å². The Morgan fingerprint density at radius 3 is 1.43 bits per heavy atom. The molecule has 10 heterocycles. The number of aromatic hydroxyl groups is 1. The van der Waals surface area contributed by atoms with Crippen molar-refractivity contribution in [2.24, 2.45) is 0 Å². The number of likely N-dealkylation sites (tertiary alicyclic amines) is 2. The SMILES string of the molecule is CN1CCC(Br)CC1.Cc1cc(-c2ncc(CCc3nccn4c(-c5cc(F)cc(F)c5)cnc34)cc2O)ccn1.Cc1cc(-c2ncc(CCc3nccn4c(-c5cc(F)cc(F)c5)cnc34)cc2OC2CCN(C)CC2)ccn1. The number of rotatable bonds is 12. The zero-order chi connectivity index (χ0) is 56.6. The van der Waals surface area contributed by atoms with Crippen LogP contribution in [0.1, 0.15) is 59.6 Å². The first-order valence-corrected chi connectivity index (χ1v) is 27.9. The lowest BCUT2D eigenvalue weighted by molar-refractivity contribution is 0.114. The van der Waals surface area contributed by atoms with Crippen molar-refractivity contribution in [3.05, 3.63) is 192 Å². The first-order chi connectivity index (χ1) is 39.2. The maximum absolute atomic E-state index is 13.9. The van der Waals surface area contributed by atoms with Crippen LogP contribution in [0, 0.1) is 37.1 Å². The number of aromatic nitrogens is 10. The van der Waals surface area contributed by atoms with Gasteiger partial charge in [0, 0.05) is 113 Å². The molecule has 2 aliphatic rings. The Bertz CT molecular complexity index is 3750. The summed E-state index contributed by atoms with van der Waals surface area (Å²) in [5.41, 5.74) is 11.5. The van der Waals surface area contributed by atoms with Crippen molar-refractivity contribution in [3.8, 4) is 56.5 Å². The number of imidazole rings is 2. The van der Waals surface area contributed by atoms with Crippen LogP contribution in [0.15, 0.2) is 135 Å². The van der Waals surface area contributed by atoms with Gasteiger partial charge in [0.1, 0.15) is 52.3 Å². The smallest absolute Gasteiger partial charge is 0.159 e. The van der Waals surface area contributed by atoms with Crippen LogP contribution in [0.3, 0.4) is 0 Å². The zero-order valence-corrected chi connectivity index (χ0v) is 47.0. The van der Waals surface area contributed by atoms with Gasteiger partial charge < -0.3 is 19.6 Å². The van der Waals surface area contributed by atoms with E-state index < -0.39 is 23.3 Å². The Labute approximate surface area is 475 Å². The normalized spacial score (nSPS) is 14.4. The fourth-order valence-electron chi connectivity index (χ4n) is 10.1. The standard InChI is InChI=1S/C31H30F2N6O.C25H19F2N5O.C6H12BrN/c1-20-13-22(5-8-34-20)30-29(40-26-6-10-38(2)11-7-26)14-21(18-36-30)3-4-27-31-37-19-28(39(31)12-9-35-27)23-15-24(32)17-25(33)16-23;1-15-8-17(4-5-28-15)24-23(33)9-16(13-30-24)2-3-21-25-31-14-22(32(25)7-6-29-21)18-10-19(26)12-20(27)11-18;1-8-4-2-6(7)3-5-8/h5,8-9,12-19,26H,3-4,6-7,10-11H2,1-2H3;4-14,33H,2-3H2,1H3;6H,2-5H2,1H3. The summed E-state index contributed by atoms with van der Waals surface area (Å²) in [7, 11) is 4.32. The molecule has 19 heteroatoms. The molecule has 2 saturated heterocycles. The molecule has 2 aromatic carbocycles. The number of pyridine rings is 4. The molecule has 0 amide bonds. The van der Waals surface area contributed by atoms with Crippen LogP contribution in [0.25, 0.3) is 56.3 Å². The van der Waals surface area contributed by atoms with E-state index in [4.69, 9.17) is 9.72 Å². The third kappa shape index (κ3) is 14.1. The van der Waals surface area contributed by atoms with E-state index in [1.54, 1.807) is 72.3 Å². The van der Waals surface area contributed by atoms with Crippen molar-refractivity contribution >= 4 is 27.2 Å². The molecule has 1 N–H and O–H groups in total. The van der Waals surface area contributed by atoms with E-state index in [-0.39, 0.29) is 11.9 Å². The number of halogens is 5. The predicted octanol–water partition coefficient (Wildman–Crippen LogP) is 12.1. The highest BCUT2D eigenvalue weighted by Gasteiger charge is 2.22. The minimum Gasteiger partial charge on any atom is -0.506 e. The second-order valence-corrected chi connectivity index (χ2v) is 21.9. The van der Waals surface area contributed by atoms with Crippen LogP contribution in [0.5, 0.6) is 11.5 Å². The predicted molar refractivity (Wildman–Crippen MR) is 308 cm³/mol. The lowest BCUT2D eigenvalue weighted by Gasteiger charge is -2.30. The molecule has 0 saturated carbocycles.